The summed E-state index contributed by atoms with van der Waals surface area (Å²) in [6.07, 6.45) is 12.3. The third kappa shape index (κ3) is 11.2. The molecule has 5 aromatic rings. The standard InChI is InChI=1S/C34H44N6O3.C14H16N4O.CH4O/c1-24-5-3-6-27(19-24)33(42)38-16-14-37(15-17-38)22-25-7-11-28(12-8-25)40-23-31(26-9-10-26)30-20-29(21-36-32(30)40)39(13-4-18-41)34(43)35-2;15-14-13(18-6-8-19-9-7-18)10-12(16-17-14)11-4-2-1-3-5-11;1-2/h3,5-6,18-21,23,25-26,28H,4,7-17,22H2,1-2H3,(H,35,43);1-5,10H,6-9H2,(H2,15,17);2H,1H3. The number of urea groups is 1. The van der Waals surface area contributed by atoms with Crippen LogP contribution in [-0.4, -0.2) is 133 Å². The van der Waals surface area contributed by atoms with Crippen molar-refractivity contribution in [2.45, 2.75) is 63.8 Å². The number of aldehydes is 1. The number of aromatic nitrogens is 4. The lowest BCUT2D eigenvalue weighted by atomic mass is 9.85. The van der Waals surface area contributed by atoms with Crippen LogP contribution in [0, 0.1) is 12.8 Å². The van der Waals surface area contributed by atoms with Crippen molar-refractivity contribution < 1.29 is 24.2 Å². The quantitative estimate of drug-likeness (QED) is 0.127. The topological polar surface area (TPSA) is 175 Å². The average molecular weight is 873 g/mol. The van der Waals surface area contributed by atoms with Crippen molar-refractivity contribution in [3.63, 3.8) is 0 Å². The number of carbonyl (C=O) groups is 3. The molecule has 9 rings (SSSR count). The molecule has 15 heteroatoms. The second-order valence-corrected chi connectivity index (χ2v) is 17.1. The van der Waals surface area contributed by atoms with Crippen molar-refractivity contribution in [1.29, 1.82) is 0 Å². The maximum absolute atomic E-state index is 13.0. The number of hydrogen-bond donors (Lipinski definition) is 3. The number of ether oxygens (including phenoxy) is 1. The first kappa shape index (κ1) is 46.1. The Bertz CT molecular complexity index is 2310. The van der Waals surface area contributed by atoms with Gasteiger partial charge in [0.2, 0.25) is 0 Å². The summed E-state index contributed by atoms with van der Waals surface area (Å²) in [4.78, 5) is 49.8. The van der Waals surface area contributed by atoms with Crippen LogP contribution in [0.15, 0.2) is 79.1 Å². The number of benzene rings is 2. The number of piperazine rings is 1. The van der Waals surface area contributed by atoms with Crippen molar-refractivity contribution >= 4 is 46.5 Å². The SMILES string of the molecule is CNC(=O)N(CCC=O)c1cnc2c(c1)c(C1CC1)cn2C1CCC(CN2CCN(C(=O)c3cccc(C)c3)CC2)CC1.CO.Nc1nnc(-c2ccccc2)cc1N1CCOCC1. The van der Waals surface area contributed by atoms with Crippen LogP contribution in [0.1, 0.15) is 78.4 Å². The van der Waals surface area contributed by atoms with E-state index in [1.54, 1.807) is 18.1 Å². The molecule has 0 radical (unpaired) electrons. The lowest BCUT2D eigenvalue weighted by Crippen LogP contribution is -2.50. The van der Waals surface area contributed by atoms with Crippen LogP contribution in [0.2, 0.25) is 0 Å². The minimum absolute atomic E-state index is 0.149. The lowest BCUT2D eigenvalue weighted by Gasteiger charge is -2.38. The van der Waals surface area contributed by atoms with E-state index in [0.29, 0.717) is 30.2 Å². The molecule has 15 nitrogen and oxygen atoms in total. The van der Waals surface area contributed by atoms with Crippen LogP contribution in [-0.2, 0) is 9.53 Å². The van der Waals surface area contributed by atoms with Gasteiger partial charge in [-0.15, -0.1) is 10.2 Å². The number of aliphatic hydroxyl groups is 1. The number of nitrogens with one attached hydrogen (secondary N) is 1. The molecule has 4 aliphatic rings. The largest absolute Gasteiger partial charge is 0.400 e. The fraction of sp³-hybridized carbons (Fsp3) is 0.469. The molecule has 2 saturated heterocycles. The highest BCUT2D eigenvalue weighted by Crippen LogP contribution is 2.46. The number of nitrogens with zero attached hydrogens (tertiary/aromatic N) is 8. The van der Waals surface area contributed by atoms with Crippen molar-refractivity contribution in [2.75, 3.05) is 95.3 Å². The Morgan fingerprint density at radius 3 is 2.31 bits per heavy atom. The molecular formula is C49H64N10O5. The van der Waals surface area contributed by atoms with Gasteiger partial charge in [-0.2, -0.15) is 0 Å². The Hall–Kier alpha value is -5.90. The van der Waals surface area contributed by atoms with Crippen molar-refractivity contribution in [3.05, 3.63) is 95.8 Å². The second-order valence-electron chi connectivity index (χ2n) is 17.1. The van der Waals surface area contributed by atoms with Gasteiger partial charge in [0.25, 0.3) is 5.91 Å². The molecule has 4 fully saturated rings. The van der Waals surface area contributed by atoms with Gasteiger partial charge in [-0.05, 0) is 87.1 Å². The minimum atomic E-state index is -0.229. The summed E-state index contributed by atoms with van der Waals surface area (Å²) in [6.45, 7) is 10.1. The molecule has 4 N–H and O–H groups in total. The van der Waals surface area contributed by atoms with E-state index in [1.807, 2.05) is 72.5 Å². The number of aliphatic hydroxyl groups excluding tert-OH is 1. The Morgan fingerprint density at radius 1 is 0.906 bits per heavy atom. The predicted molar refractivity (Wildman–Crippen MR) is 252 cm³/mol. The number of aryl methyl sites for hydroxylation is 1. The van der Waals surface area contributed by atoms with Crippen LogP contribution < -0.4 is 20.9 Å². The monoisotopic (exact) mass is 873 g/mol. The summed E-state index contributed by atoms with van der Waals surface area (Å²) in [5.41, 5.74) is 13.8. The van der Waals surface area contributed by atoms with Crippen molar-refractivity contribution in [2.24, 2.45) is 5.92 Å². The molecule has 2 aliphatic carbocycles. The molecule has 64 heavy (non-hydrogen) atoms. The fourth-order valence-electron chi connectivity index (χ4n) is 9.22. The number of nitrogen functional groups attached to an aromatic ring is 1. The summed E-state index contributed by atoms with van der Waals surface area (Å²) >= 11 is 0. The lowest BCUT2D eigenvalue weighted by molar-refractivity contribution is -0.107. The first-order chi connectivity index (χ1) is 31.3. The molecule has 3 amide bonds. The van der Waals surface area contributed by atoms with E-state index in [9.17, 15) is 14.4 Å². The van der Waals surface area contributed by atoms with E-state index in [2.05, 4.69) is 42.1 Å². The first-order valence-corrected chi connectivity index (χ1v) is 22.8. The maximum Gasteiger partial charge on any atom is 0.321 e. The molecular weight excluding hydrogens is 809 g/mol. The van der Waals surface area contributed by atoms with E-state index >= 15 is 0 Å². The van der Waals surface area contributed by atoms with Gasteiger partial charge in [-0.1, -0.05) is 48.0 Å². The van der Waals surface area contributed by atoms with Gasteiger partial charge in [0.15, 0.2) is 5.82 Å². The molecule has 340 valence electrons. The van der Waals surface area contributed by atoms with Gasteiger partial charge in [0.1, 0.15) is 11.9 Å². The molecule has 2 saturated carbocycles. The Labute approximate surface area is 376 Å². The fourth-order valence-corrected chi connectivity index (χ4v) is 9.22. The van der Waals surface area contributed by atoms with Gasteiger partial charge >= 0.3 is 6.03 Å². The normalized spacial score (nSPS) is 18.9. The Kier molecular flexibility index (Phi) is 15.9. The Balaban J connectivity index is 0.000000242. The van der Waals surface area contributed by atoms with Gasteiger partial charge in [0, 0.05) is 102 Å². The number of amides is 3. The molecule has 0 bridgehead atoms. The van der Waals surface area contributed by atoms with E-state index < -0.39 is 0 Å². The first-order valence-electron chi connectivity index (χ1n) is 22.8. The number of pyridine rings is 1. The third-order valence-corrected chi connectivity index (χ3v) is 12.8. The molecule has 2 aliphatic heterocycles. The molecule has 5 heterocycles. The predicted octanol–water partition coefficient (Wildman–Crippen LogP) is 6.32. The number of rotatable bonds is 11. The molecule has 3 aromatic heterocycles. The third-order valence-electron chi connectivity index (χ3n) is 12.8. The van der Waals surface area contributed by atoms with E-state index in [0.717, 1.165) is 130 Å². The molecule has 2 aromatic carbocycles. The summed E-state index contributed by atoms with van der Waals surface area (Å²) in [7, 11) is 2.61. The van der Waals surface area contributed by atoms with Gasteiger partial charge in [-0.25, -0.2) is 9.78 Å². The van der Waals surface area contributed by atoms with Crippen molar-refractivity contribution in [3.8, 4) is 11.3 Å². The van der Waals surface area contributed by atoms with Gasteiger partial charge in [-0.3, -0.25) is 14.6 Å². The second kappa shape index (κ2) is 22.1. The maximum atomic E-state index is 13.0. The van der Waals surface area contributed by atoms with Crippen LogP contribution in [0.25, 0.3) is 22.3 Å². The zero-order valence-electron chi connectivity index (χ0n) is 37.6. The van der Waals surface area contributed by atoms with Gasteiger partial charge in [0.05, 0.1) is 36.5 Å². The van der Waals surface area contributed by atoms with Gasteiger partial charge < -0.3 is 40.1 Å². The minimum Gasteiger partial charge on any atom is -0.400 e. The number of hydrogen-bond acceptors (Lipinski definition) is 11. The number of morpholine rings is 1. The number of carbonyl (C=O) groups excluding carboxylic acids is 3. The average Bonchev–Trinajstić information content (AvgIpc) is 4.13. The number of anilines is 3. The number of nitrogens with two attached hydrogens (primary N) is 1. The van der Waals surface area contributed by atoms with E-state index in [1.165, 1.54) is 31.2 Å². The summed E-state index contributed by atoms with van der Waals surface area (Å²) in [5, 5.41) is 19.1. The van der Waals surface area contributed by atoms with Crippen molar-refractivity contribution in [1.82, 2.24) is 34.9 Å². The number of fused-ring (bicyclic) bond motifs is 1. The molecule has 0 spiro atoms. The van der Waals surface area contributed by atoms with E-state index in [4.69, 9.17) is 20.6 Å². The molecule has 0 atom stereocenters. The highest BCUT2D eigenvalue weighted by Gasteiger charge is 2.32. The zero-order valence-corrected chi connectivity index (χ0v) is 37.6. The molecule has 0 unspecified atom stereocenters. The Morgan fingerprint density at radius 2 is 1.64 bits per heavy atom. The summed E-state index contributed by atoms with van der Waals surface area (Å²) < 4.78 is 7.77. The summed E-state index contributed by atoms with van der Waals surface area (Å²) in [6, 6.07) is 22.2. The van der Waals surface area contributed by atoms with E-state index in [-0.39, 0.29) is 18.4 Å². The highest BCUT2D eigenvalue weighted by atomic mass is 16.5. The van der Waals surface area contributed by atoms with Crippen LogP contribution in [0.4, 0.5) is 22.0 Å². The zero-order chi connectivity index (χ0) is 45.0. The van der Waals surface area contributed by atoms with Crippen LogP contribution in [0.5, 0.6) is 0 Å². The highest BCUT2D eigenvalue weighted by molar-refractivity contribution is 5.95. The van der Waals surface area contributed by atoms with Crippen LogP contribution in [0.3, 0.4) is 0 Å². The summed E-state index contributed by atoms with van der Waals surface area (Å²) in [5.74, 6) is 1.87. The van der Waals surface area contributed by atoms with Crippen LogP contribution >= 0.6 is 0 Å². The smallest absolute Gasteiger partial charge is 0.321 e.